The van der Waals surface area contributed by atoms with Crippen LogP contribution in [0, 0.1) is 0 Å². The zero-order valence-corrected chi connectivity index (χ0v) is 11.1. The number of carboxylic acid groups (broad SMARTS) is 1. The number of hydrogen-bond acceptors (Lipinski definition) is 4. The average Bonchev–Trinajstić information content (AvgIpc) is 2.48. The molecule has 0 bridgehead atoms. The fourth-order valence-corrected chi connectivity index (χ4v) is 2.04. The molecule has 0 aliphatic carbocycles. The summed E-state index contributed by atoms with van der Waals surface area (Å²) in [7, 11) is 0. The number of piperidine rings is 1. The predicted molar refractivity (Wildman–Crippen MR) is 71.8 cm³/mol. The molecule has 20 heavy (non-hydrogen) atoms. The fourth-order valence-electron chi connectivity index (χ4n) is 2.04. The summed E-state index contributed by atoms with van der Waals surface area (Å²) in [4.78, 5) is 28.4. The lowest BCUT2D eigenvalue weighted by Gasteiger charge is -2.28. The van der Waals surface area contributed by atoms with E-state index in [1.54, 1.807) is 35.4 Å². The van der Waals surface area contributed by atoms with Crippen molar-refractivity contribution in [2.24, 2.45) is 0 Å². The molecule has 0 radical (unpaired) electrons. The Morgan fingerprint density at radius 3 is 2.40 bits per heavy atom. The number of benzene rings is 1. The van der Waals surface area contributed by atoms with Crippen LogP contribution in [0.2, 0.25) is 0 Å². The highest BCUT2D eigenvalue weighted by Crippen LogP contribution is 2.10. The Hall–Kier alpha value is -1.92. The van der Waals surface area contributed by atoms with Gasteiger partial charge in [0.25, 0.3) is 5.91 Å². The number of nitrogens with one attached hydrogen (secondary N) is 1. The van der Waals surface area contributed by atoms with E-state index in [-0.39, 0.29) is 0 Å². The number of aliphatic carboxylic acids is 1. The van der Waals surface area contributed by atoms with Gasteiger partial charge < -0.3 is 10.4 Å². The van der Waals surface area contributed by atoms with E-state index in [2.05, 4.69) is 5.32 Å². The normalized spacial score (nSPS) is 17.4. The molecule has 1 aliphatic heterocycles. The standard InChI is InChI=1S/C14H18N2O4/c17-12(11-7-3-1-4-8-11)15-13(14(18)19)20-16-9-5-2-6-10-16/h1,3-4,7-8,13H,2,5-6,9-10H2,(H,15,17)(H,18,19)/t13-/m0/s1. The number of rotatable bonds is 5. The van der Waals surface area contributed by atoms with Crippen LogP contribution in [-0.2, 0) is 9.63 Å². The van der Waals surface area contributed by atoms with Gasteiger partial charge in [-0.15, -0.1) is 0 Å². The van der Waals surface area contributed by atoms with Crippen LogP contribution in [0.4, 0.5) is 0 Å². The number of carboxylic acids is 1. The van der Waals surface area contributed by atoms with Crippen LogP contribution in [-0.4, -0.2) is 41.4 Å². The summed E-state index contributed by atoms with van der Waals surface area (Å²) in [5.41, 5.74) is 0.404. The third-order valence-corrected chi connectivity index (χ3v) is 3.09. The van der Waals surface area contributed by atoms with Gasteiger partial charge in [-0.25, -0.2) is 4.79 Å². The molecule has 0 spiro atoms. The number of amides is 1. The Labute approximate surface area is 117 Å². The summed E-state index contributed by atoms with van der Waals surface area (Å²) in [6.07, 6.45) is 1.70. The Kier molecular flexibility index (Phi) is 5.09. The molecule has 1 aromatic carbocycles. The fraction of sp³-hybridized carbons (Fsp3) is 0.429. The van der Waals surface area contributed by atoms with Crippen molar-refractivity contribution < 1.29 is 19.5 Å². The van der Waals surface area contributed by atoms with Crippen LogP contribution in [0.5, 0.6) is 0 Å². The third-order valence-electron chi connectivity index (χ3n) is 3.09. The van der Waals surface area contributed by atoms with Gasteiger partial charge >= 0.3 is 5.97 Å². The van der Waals surface area contributed by atoms with Gasteiger partial charge in [0, 0.05) is 18.7 Å². The van der Waals surface area contributed by atoms with Gasteiger partial charge in [-0.05, 0) is 25.0 Å². The molecule has 2 rings (SSSR count). The van der Waals surface area contributed by atoms with E-state index in [1.807, 2.05) is 0 Å². The minimum atomic E-state index is -1.36. The van der Waals surface area contributed by atoms with Crippen LogP contribution in [0.1, 0.15) is 29.6 Å². The van der Waals surface area contributed by atoms with Gasteiger partial charge in [-0.1, -0.05) is 24.6 Å². The molecule has 0 unspecified atom stereocenters. The van der Waals surface area contributed by atoms with E-state index in [0.717, 1.165) is 19.3 Å². The van der Waals surface area contributed by atoms with Crippen molar-refractivity contribution in [3.8, 4) is 0 Å². The lowest BCUT2D eigenvalue weighted by Crippen LogP contribution is -2.47. The first-order valence-corrected chi connectivity index (χ1v) is 6.67. The minimum Gasteiger partial charge on any atom is -0.478 e. The Morgan fingerprint density at radius 1 is 1.15 bits per heavy atom. The van der Waals surface area contributed by atoms with Crippen molar-refractivity contribution in [1.82, 2.24) is 10.4 Å². The molecule has 6 nitrogen and oxygen atoms in total. The van der Waals surface area contributed by atoms with E-state index in [4.69, 9.17) is 9.94 Å². The largest absolute Gasteiger partial charge is 0.478 e. The van der Waals surface area contributed by atoms with E-state index >= 15 is 0 Å². The lowest BCUT2D eigenvalue weighted by atomic mass is 10.2. The summed E-state index contributed by atoms with van der Waals surface area (Å²) in [6.45, 7) is 1.37. The van der Waals surface area contributed by atoms with Gasteiger partial charge in [0.1, 0.15) is 0 Å². The smallest absolute Gasteiger partial charge is 0.355 e. The molecule has 1 fully saturated rings. The summed E-state index contributed by atoms with van der Waals surface area (Å²) in [5.74, 6) is -1.67. The number of hydroxylamine groups is 2. The lowest BCUT2D eigenvalue weighted by molar-refractivity contribution is -0.219. The molecular weight excluding hydrogens is 260 g/mol. The summed E-state index contributed by atoms with van der Waals surface area (Å²) in [6, 6.07) is 8.46. The zero-order valence-electron chi connectivity index (χ0n) is 11.1. The third kappa shape index (κ3) is 4.04. The van der Waals surface area contributed by atoms with Crippen molar-refractivity contribution in [1.29, 1.82) is 0 Å². The predicted octanol–water partition coefficient (Wildman–Crippen LogP) is 1.24. The highest BCUT2D eigenvalue weighted by Gasteiger charge is 2.25. The first kappa shape index (κ1) is 14.5. The molecule has 0 aromatic heterocycles. The second-order valence-corrected chi connectivity index (χ2v) is 4.65. The maximum atomic E-state index is 11.9. The van der Waals surface area contributed by atoms with Crippen molar-refractivity contribution in [2.45, 2.75) is 25.5 Å². The molecule has 2 N–H and O–H groups in total. The van der Waals surface area contributed by atoms with E-state index in [0.29, 0.717) is 18.7 Å². The number of carbonyl (C=O) groups is 2. The van der Waals surface area contributed by atoms with Crippen LogP contribution >= 0.6 is 0 Å². The van der Waals surface area contributed by atoms with Crippen molar-refractivity contribution in [3.63, 3.8) is 0 Å². The summed E-state index contributed by atoms with van der Waals surface area (Å²) in [5, 5.41) is 13.1. The highest BCUT2D eigenvalue weighted by atomic mass is 16.7. The number of nitrogens with zero attached hydrogens (tertiary/aromatic N) is 1. The van der Waals surface area contributed by atoms with Crippen LogP contribution in [0.3, 0.4) is 0 Å². The Morgan fingerprint density at radius 2 is 1.80 bits per heavy atom. The van der Waals surface area contributed by atoms with Gasteiger partial charge in [-0.3, -0.25) is 9.63 Å². The molecule has 1 aromatic rings. The molecule has 1 amide bonds. The van der Waals surface area contributed by atoms with E-state index < -0.39 is 18.1 Å². The molecule has 0 saturated carbocycles. The zero-order chi connectivity index (χ0) is 14.4. The molecular formula is C14H18N2O4. The van der Waals surface area contributed by atoms with Crippen LogP contribution < -0.4 is 5.32 Å². The summed E-state index contributed by atoms with van der Waals surface area (Å²) >= 11 is 0. The maximum absolute atomic E-state index is 11.9. The molecule has 1 heterocycles. The van der Waals surface area contributed by atoms with E-state index in [9.17, 15) is 9.59 Å². The maximum Gasteiger partial charge on any atom is 0.355 e. The Bertz CT molecular complexity index is 458. The van der Waals surface area contributed by atoms with Gasteiger partial charge in [0.15, 0.2) is 0 Å². The molecule has 6 heteroatoms. The van der Waals surface area contributed by atoms with Gasteiger partial charge in [-0.2, -0.15) is 5.06 Å². The van der Waals surface area contributed by atoms with Crippen molar-refractivity contribution >= 4 is 11.9 Å². The topological polar surface area (TPSA) is 78.9 Å². The first-order chi connectivity index (χ1) is 9.66. The average molecular weight is 278 g/mol. The van der Waals surface area contributed by atoms with Crippen LogP contribution in [0.15, 0.2) is 30.3 Å². The monoisotopic (exact) mass is 278 g/mol. The Balaban J connectivity index is 1.95. The van der Waals surface area contributed by atoms with E-state index in [1.165, 1.54) is 0 Å². The second-order valence-electron chi connectivity index (χ2n) is 4.65. The minimum absolute atomic E-state index is 0.404. The SMILES string of the molecule is O=C(N[C@@H](ON1CCCCC1)C(=O)O)c1ccccc1. The number of carbonyl (C=O) groups excluding carboxylic acids is 1. The summed E-state index contributed by atoms with van der Waals surface area (Å²) < 4.78 is 0. The van der Waals surface area contributed by atoms with Gasteiger partial charge in [0.2, 0.25) is 6.23 Å². The highest BCUT2D eigenvalue weighted by molar-refractivity contribution is 5.96. The molecule has 1 atom stereocenters. The number of hydrogen-bond donors (Lipinski definition) is 2. The second kappa shape index (κ2) is 7.02. The first-order valence-electron chi connectivity index (χ1n) is 6.67. The molecule has 108 valence electrons. The molecule has 1 saturated heterocycles. The quantitative estimate of drug-likeness (QED) is 0.792. The van der Waals surface area contributed by atoms with Crippen LogP contribution in [0.25, 0.3) is 0 Å². The molecule has 1 aliphatic rings. The van der Waals surface area contributed by atoms with Crippen molar-refractivity contribution in [3.05, 3.63) is 35.9 Å². The van der Waals surface area contributed by atoms with Crippen molar-refractivity contribution in [2.75, 3.05) is 13.1 Å². The van der Waals surface area contributed by atoms with Gasteiger partial charge in [0.05, 0.1) is 0 Å².